The standard InChI is InChI=1S/C11H18N4O/c1-3-15(5-4-12)10-7-9(11(13)16)6-8(2)14-10/h6-7H,3-5,12H2,1-2H3,(H2,13,16). The lowest BCUT2D eigenvalue weighted by molar-refractivity contribution is 0.1000. The molecule has 0 radical (unpaired) electrons. The lowest BCUT2D eigenvalue weighted by Gasteiger charge is -2.21. The molecule has 0 saturated heterocycles. The van der Waals surface area contributed by atoms with Crippen LogP contribution in [-0.2, 0) is 0 Å². The summed E-state index contributed by atoms with van der Waals surface area (Å²) >= 11 is 0. The van der Waals surface area contributed by atoms with Gasteiger partial charge < -0.3 is 16.4 Å². The Labute approximate surface area is 95.4 Å². The second-order valence-electron chi connectivity index (χ2n) is 3.59. The normalized spacial score (nSPS) is 10.2. The molecule has 1 aromatic heterocycles. The van der Waals surface area contributed by atoms with Crippen molar-refractivity contribution in [3.05, 3.63) is 23.4 Å². The van der Waals surface area contributed by atoms with Gasteiger partial charge in [0.25, 0.3) is 0 Å². The first-order valence-electron chi connectivity index (χ1n) is 5.32. The number of pyridine rings is 1. The largest absolute Gasteiger partial charge is 0.366 e. The Kier molecular flexibility index (Phi) is 4.25. The van der Waals surface area contributed by atoms with E-state index in [1.807, 2.05) is 18.7 Å². The maximum absolute atomic E-state index is 11.1. The highest BCUT2D eigenvalue weighted by atomic mass is 16.1. The molecule has 88 valence electrons. The third kappa shape index (κ3) is 2.93. The molecule has 1 aromatic rings. The predicted octanol–water partition coefficient (Wildman–Crippen LogP) is 0.274. The number of nitrogens with zero attached hydrogens (tertiary/aromatic N) is 2. The van der Waals surface area contributed by atoms with Gasteiger partial charge in [-0.25, -0.2) is 4.98 Å². The van der Waals surface area contributed by atoms with E-state index in [-0.39, 0.29) is 0 Å². The summed E-state index contributed by atoms with van der Waals surface area (Å²) in [6, 6.07) is 3.39. The summed E-state index contributed by atoms with van der Waals surface area (Å²) in [6.45, 7) is 5.92. The van der Waals surface area contributed by atoms with Crippen LogP contribution >= 0.6 is 0 Å². The molecule has 5 heteroatoms. The Bertz CT molecular complexity index is 378. The zero-order chi connectivity index (χ0) is 12.1. The Hall–Kier alpha value is -1.62. The number of aromatic nitrogens is 1. The minimum atomic E-state index is -0.435. The molecule has 0 bridgehead atoms. The number of carbonyl (C=O) groups is 1. The van der Waals surface area contributed by atoms with E-state index in [9.17, 15) is 4.79 Å². The Morgan fingerprint density at radius 3 is 2.69 bits per heavy atom. The zero-order valence-corrected chi connectivity index (χ0v) is 9.73. The van der Waals surface area contributed by atoms with Crippen molar-refractivity contribution < 1.29 is 4.79 Å². The van der Waals surface area contributed by atoms with Gasteiger partial charge in [-0.3, -0.25) is 4.79 Å². The van der Waals surface area contributed by atoms with Crippen LogP contribution in [0, 0.1) is 6.92 Å². The number of anilines is 1. The molecule has 0 saturated carbocycles. The molecule has 0 aromatic carbocycles. The number of hydrogen-bond donors (Lipinski definition) is 2. The number of amides is 1. The summed E-state index contributed by atoms with van der Waals surface area (Å²) in [5.41, 5.74) is 12.0. The first-order chi connectivity index (χ1) is 7.58. The molecule has 5 nitrogen and oxygen atoms in total. The van der Waals surface area contributed by atoms with Crippen molar-refractivity contribution in [2.75, 3.05) is 24.5 Å². The number of carbonyl (C=O) groups excluding carboxylic acids is 1. The Morgan fingerprint density at radius 1 is 1.50 bits per heavy atom. The third-order valence-corrected chi connectivity index (χ3v) is 2.33. The van der Waals surface area contributed by atoms with Crippen LogP contribution in [0.25, 0.3) is 0 Å². The van der Waals surface area contributed by atoms with E-state index in [2.05, 4.69) is 4.98 Å². The van der Waals surface area contributed by atoms with Crippen molar-refractivity contribution in [2.24, 2.45) is 11.5 Å². The van der Waals surface area contributed by atoms with Gasteiger partial charge in [-0.2, -0.15) is 0 Å². The van der Waals surface area contributed by atoms with E-state index < -0.39 is 5.91 Å². The minimum absolute atomic E-state index is 0.435. The molecule has 16 heavy (non-hydrogen) atoms. The van der Waals surface area contributed by atoms with Crippen LogP contribution in [0.5, 0.6) is 0 Å². The average Bonchev–Trinajstić information content (AvgIpc) is 2.24. The number of rotatable bonds is 5. The van der Waals surface area contributed by atoms with E-state index in [0.29, 0.717) is 18.7 Å². The molecule has 0 aliphatic heterocycles. The SMILES string of the molecule is CCN(CCN)c1cc(C(N)=O)cc(C)n1. The average molecular weight is 222 g/mol. The highest BCUT2D eigenvalue weighted by Crippen LogP contribution is 2.14. The number of hydrogen-bond acceptors (Lipinski definition) is 4. The summed E-state index contributed by atoms with van der Waals surface area (Å²) in [6.07, 6.45) is 0. The minimum Gasteiger partial charge on any atom is -0.366 e. The van der Waals surface area contributed by atoms with Gasteiger partial charge in [-0.15, -0.1) is 0 Å². The molecule has 0 unspecified atom stereocenters. The summed E-state index contributed by atoms with van der Waals surface area (Å²) in [5, 5.41) is 0. The number of aryl methyl sites for hydroxylation is 1. The van der Waals surface area contributed by atoms with E-state index >= 15 is 0 Å². The van der Waals surface area contributed by atoms with Gasteiger partial charge in [-0.05, 0) is 26.0 Å². The number of nitrogens with two attached hydrogens (primary N) is 2. The summed E-state index contributed by atoms with van der Waals surface area (Å²) in [7, 11) is 0. The van der Waals surface area contributed by atoms with E-state index in [0.717, 1.165) is 18.1 Å². The topological polar surface area (TPSA) is 85.2 Å². The fourth-order valence-corrected chi connectivity index (χ4v) is 1.55. The molecular formula is C11H18N4O. The molecule has 0 aliphatic rings. The van der Waals surface area contributed by atoms with Gasteiger partial charge in [0.2, 0.25) is 5.91 Å². The summed E-state index contributed by atoms with van der Waals surface area (Å²) < 4.78 is 0. The molecule has 0 aliphatic carbocycles. The van der Waals surface area contributed by atoms with Crippen molar-refractivity contribution in [1.29, 1.82) is 0 Å². The van der Waals surface area contributed by atoms with Crippen molar-refractivity contribution in [2.45, 2.75) is 13.8 Å². The molecule has 1 amide bonds. The van der Waals surface area contributed by atoms with Crippen LogP contribution < -0.4 is 16.4 Å². The first kappa shape index (κ1) is 12.4. The van der Waals surface area contributed by atoms with Crippen molar-refractivity contribution in [1.82, 2.24) is 4.98 Å². The van der Waals surface area contributed by atoms with Gasteiger partial charge >= 0.3 is 0 Å². The molecule has 4 N–H and O–H groups in total. The summed E-state index contributed by atoms with van der Waals surface area (Å²) in [5.74, 6) is 0.317. The predicted molar refractivity (Wildman–Crippen MR) is 64.4 cm³/mol. The van der Waals surface area contributed by atoms with E-state index in [1.54, 1.807) is 12.1 Å². The van der Waals surface area contributed by atoms with E-state index in [1.165, 1.54) is 0 Å². The Balaban J connectivity index is 3.07. The molecule has 1 heterocycles. The lowest BCUT2D eigenvalue weighted by atomic mass is 10.2. The van der Waals surface area contributed by atoms with Crippen LogP contribution in [0.3, 0.4) is 0 Å². The Morgan fingerprint density at radius 2 is 2.19 bits per heavy atom. The first-order valence-corrected chi connectivity index (χ1v) is 5.32. The van der Waals surface area contributed by atoms with Crippen molar-refractivity contribution in [3.8, 4) is 0 Å². The van der Waals surface area contributed by atoms with Crippen LogP contribution in [-0.4, -0.2) is 30.5 Å². The molecule has 0 spiro atoms. The number of primary amides is 1. The molecule has 0 atom stereocenters. The van der Waals surface area contributed by atoms with E-state index in [4.69, 9.17) is 11.5 Å². The van der Waals surface area contributed by atoms with Gasteiger partial charge in [0.05, 0.1) is 0 Å². The van der Waals surface area contributed by atoms with Crippen LogP contribution in [0.2, 0.25) is 0 Å². The maximum atomic E-state index is 11.1. The molecule has 0 fully saturated rings. The third-order valence-electron chi connectivity index (χ3n) is 2.33. The lowest BCUT2D eigenvalue weighted by Crippen LogP contribution is -2.30. The maximum Gasteiger partial charge on any atom is 0.248 e. The molecule has 1 rings (SSSR count). The van der Waals surface area contributed by atoms with Crippen LogP contribution in [0.4, 0.5) is 5.82 Å². The van der Waals surface area contributed by atoms with Crippen LogP contribution in [0.15, 0.2) is 12.1 Å². The van der Waals surface area contributed by atoms with Gasteiger partial charge in [0, 0.05) is 30.9 Å². The van der Waals surface area contributed by atoms with Gasteiger partial charge in [-0.1, -0.05) is 0 Å². The zero-order valence-electron chi connectivity index (χ0n) is 9.73. The highest BCUT2D eigenvalue weighted by Gasteiger charge is 2.09. The van der Waals surface area contributed by atoms with Gasteiger partial charge in [0.1, 0.15) is 5.82 Å². The summed E-state index contributed by atoms with van der Waals surface area (Å²) in [4.78, 5) is 17.5. The monoisotopic (exact) mass is 222 g/mol. The smallest absolute Gasteiger partial charge is 0.248 e. The fraction of sp³-hybridized carbons (Fsp3) is 0.455. The van der Waals surface area contributed by atoms with Crippen LogP contribution in [0.1, 0.15) is 23.0 Å². The highest BCUT2D eigenvalue weighted by molar-refractivity contribution is 5.93. The van der Waals surface area contributed by atoms with Gasteiger partial charge in [0.15, 0.2) is 0 Å². The second kappa shape index (κ2) is 5.46. The molecular weight excluding hydrogens is 204 g/mol. The van der Waals surface area contributed by atoms with Crippen molar-refractivity contribution >= 4 is 11.7 Å². The van der Waals surface area contributed by atoms with Crippen molar-refractivity contribution in [3.63, 3.8) is 0 Å². The number of likely N-dealkylation sites (N-methyl/N-ethyl adjacent to an activating group) is 1. The second-order valence-corrected chi connectivity index (χ2v) is 3.59. The quantitative estimate of drug-likeness (QED) is 0.749. The fourth-order valence-electron chi connectivity index (χ4n) is 1.55.